The van der Waals surface area contributed by atoms with Crippen LogP contribution in [0.15, 0.2) is 54.6 Å². The molecule has 0 bridgehead atoms. The number of benzene rings is 2. The van der Waals surface area contributed by atoms with E-state index < -0.39 is 6.09 Å². The number of morpholine rings is 1. The van der Waals surface area contributed by atoms with Gasteiger partial charge in [-0.2, -0.15) is 0 Å². The molecule has 2 aromatic carbocycles. The number of hydrogen-bond donors (Lipinski definition) is 1. The van der Waals surface area contributed by atoms with Crippen LogP contribution >= 0.6 is 0 Å². The molecule has 1 amide bonds. The second kappa shape index (κ2) is 10.1. The molecular weight excluding hydrogens is 422 g/mol. The van der Waals surface area contributed by atoms with Gasteiger partial charge in [-0.1, -0.05) is 18.2 Å². The molecule has 1 aliphatic rings. The van der Waals surface area contributed by atoms with E-state index in [1.54, 1.807) is 24.3 Å². The molecule has 8 nitrogen and oxygen atoms in total. The summed E-state index contributed by atoms with van der Waals surface area (Å²) in [5.41, 5.74) is 3.20. The number of nitrogens with zero attached hydrogens (tertiary/aromatic N) is 2. The lowest BCUT2D eigenvalue weighted by Gasteiger charge is -2.30. The van der Waals surface area contributed by atoms with Gasteiger partial charge < -0.3 is 19.1 Å². The van der Waals surface area contributed by atoms with Gasteiger partial charge in [0.25, 0.3) is 0 Å². The number of amides is 1. The summed E-state index contributed by atoms with van der Waals surface area (Å²) in [6, 6.07) is 14.8. The summed E-state index contributed by atoms with van der Waals surface area (Å²) in [6.07, 6.45) is 2.46. The van der Waals surface area contributed by atoms with Crippen molar-refractivity contribution in [3.63, 3.8) is 0 Å². The highest BCUT2D eigenvalue weighted by molar-refractivity contribution is 6.12. The summed E-state index contributed by atoms with van der Waals surface area (Å²) in [4.78, 5) is 31.7. The second-order valence-electron chi connectivity index (χ2n) is 7.41. The number of allylic oxidation sites excluding steroid dienone is 1. The van der Waals surface area contributed by atoms with Crippen molar-refractivity contribution in [2.75, 3.05) is 50.7 Å². The Morgan fingerprint density at radius 2 is 1.88 bits per heavy atom. The van der Waals surface area contributed by atoms with Crippen LogP contribution < -0.4 is 15.0 Å². The fourth-order valence-corrected chi connectivity index (χ4v) is 3.71. The first kappa shape index (κ1) is 22.3. The van der Waals surface area contributed by atoms with Gasteiger partial charge in [0.1, 0.15) is 5.75 Å². The summed E-state index contributed by atoms with van der Waals surface area (Å²) in [5, 5.41) is 3.62. The second-order valence-corrected chi connectivity index (χ2v) is 7.41. The summed E-state index contributed by atoms with van der Waals surface area (Å²) in [5.74, 6) is 0.222. The lowest BCUT2D eigenvalue weighted by Crippen LogP contribution is -2.36. The predicted molar refractivity (Wildman–Crippen MR) is 127 cm³/mol. The number of nitrogens with one attached hydrogen (secondary N) is 1. The van der Waals surface area contributed by atoms with Gasteiger partial charge in [-0.25, -0.2) is 9.78 Å². The lowest BCUT2D eigenvalue weighted by molar-refractivity contribution is 0.104. The van der Waals surface area contributed by atoms with Crippen LogP contribution in [0.2, 0.25) is 0 Å². The van der Waals surface area contributed by atoms with Gasteiger partial charge in [-0.15, -0.1) is 0 Å². The molecule has 0 aliphatic carbocycles. The number of methoxy groups -OCH3 is 2. The van der Waals surface area contributed by atoms with Crippen LogP contribution in [0.4, 0.5) is 16.2 Å². The van der Waals surface area contributed by atoms with E-state index in [0.29, 0.717) is 35.9 Å². The fraction of sp³-hybridized carbons (Fsp3) is 0.240. The Morgan fingerprint density at radius 3 is 2.64 bits per heavy atom. The van der Waals surface area contributed by atoms with Crippen molar-refractivity contribution in [2.45, 2.75) is 0 Å². The molecule has 1 aromatic heterocycles. The van der Waals surface area contributed by atoms with Crippen LogP contribution in [0.5, 0.6) is 5.75 Å². The zero-order valence-corrected chi connectivity index (χ0v) is 18.5. The summed E-state index contributed by atoms with van der Waals surface area (Å²) in [6.45, 7) is 2.94. The smallest absolute Gasteiger partial charge is 0.411 e. The Hall–Kier alpha value is -3.91. The minimum absolute atomic E-state index is 0.285. The molecule has 4 rings (SSSR count). The van der Waals surface area contributed by atoms with E-state index >= 15 is 0 Å². The van der Waals surface area contributed by atoms with Gasteiger partial charge in [-0.05, 0) is 36.4 Å². The number of rotatable bonds is 6. The largest absolute Gasteiger partial charge is 0.497 e. The van der Waals surface area contributed by atoms with Crippen LogP contribution in [0.25, 0.3) is 17.0 Å². The van der Waals surface area contributed by atoms with Crippen molar-refractivity contribution >= 4 is 40.2 Å². The number of aromatic nitrogens is 1. The number of carbonyl (C=O) groups excluding carboxylic acids is 2. The maximum absolute atomic E-state index is 13.0. The van der Waals surface area contributed by atoms with Crippen LogP contribution in [0.1, 0.15) is 16.1 Å². The van der Waals surface area contributed by atoms with Gasteiger partial charge in [0.2, 0.25) is 0 Å². The molecule has 170 valence electrons. The molecule has 3 aromatic rings. The number of pyridine rings is 1. The van der Waals surface area contributed by atoms with E-state index in [0.717, 1.165) is 29.7 Å². The van der Waals surface area contributed by atoms with Crippen molar-refractivity contribution in [3.8, 4) is 5.75 Å². The summed E-state index contributed by atoms with van der Waals surface area (Å²) < 4.78 is 15.4. The topological polar surface area (TPSA) is 90.0 Å². The quantitative estimate of drug-likeness (QED) is 0.448. The van der Waals surface area contributed by atoms with E-state index in [1.807, 2.05) is 30.3 Å². The number of fused-ring (bicyclic) bond motifs is 1. The molecule has 8 heteroatoms. The molecule has 1 fully saturated rings. The van der Waals surface area contributed by atoms with E-state index in [4.69, 9.17) is 14.5 Å². The first-order chi connectivity index (χ1) is 16.1. The minimum Gasteiger partial charge on any atom is -0.497 e. The Bertz CT molecular complexity index is 1200. The third kappa shape index (κ3) is 5.12. The zero-order valence-electron chi connectivity index (χ0n) is 18.5. The van der Waals surface area contributed by atoms with E-state index in [9.17, 15) is 9.59 Å². The van der Waals surface area contributed by atoms with Crippen molar-refractivity contribution in [3.05, 3.63) is 65.9 Å². The van der Waals surface area contributed by atoms with Crippen molar-refractivity contribution in [1.29, 1.82) is 0 Å². The Morgan fingerprint density at radius 1 is 1.09 bits per heavy atom. The average molecular weight is 447 g/mol. The maximum atomic E-state index is 13.0. The minimum atomic E-state index is -0.673. The van der Waals surface area contributed by atoms with Gasteiger partial charge in [-0.3, -0.25) is 10.1 Å². The normalized spacial score (nSPS) is 13.8. The number of ketones is 1. The van der Waals surface area contributed by atoms with Crippen LogP contribution in [-0.2, 0) is 9.47 Å². The molecule has 0 spiro atoms. The van der Waals surface area contributed by atoms with E-state index in [2.05, 4.69) is 15.0 Å². The van der Waals surface area contributed by atoms with Crippen LogP contribution in [0, 0.1) is 0 Å². The van der Waals surface area contributed by atoms with Crippen LogP contribution in [-0.4, -0.2) is 57.4 Å². The highest BCUT2D eigenvalue weighted by atomic mass is 16.5. The third-order valence-electron chi connectivity index (χ3n) is 5.39. The molecule has 33 heavy (non-hydrogen) atoms. The monoisotopic (exact) mass is 447 g/mol. The third-order valence-corrected chi connectivity index (χ3v) is 5.39. The molecule has 1 N–H and O–H groups in total. The van der Waals surface area contributed by atoms with Gasteiger partial charge in [0.15, 0.2) is 5.78 Å². The first-order valence-electron chi connectivity index (χ1n) is 10.6. The SMILES string of the molecule is COC(=O)Nc1cc(OC)ccc1C(=O)/C=C/c1cc(N2CCOCC2)c2ccccc2n1. The Balaban J connectivity index is 1.66. The van der Waals surface area contributed by atoms with E-state index in [1.165, 1.54) is 20.3 Å². The molecule has 0 radical (unpaired) electrons. The Kier molecular flexibility index (Phi) is 6.85. The molecule has 1 saturated heterocycles. The number of anilines is 2. The summed E-state index contributed by atoms with van der Waals surface area (Å²) >= 11 is 0. The number of carbonyl (C=O) groups is 2. The van der Waals surface area contributed by atoms with Crippen molar-refractivity contribution in [1.82, 2.24) is 4.98 Å². The first-order valence-corrected chi connectivity index (χ1v) is 10.6. The highest BCUT2D eigenvalue weighted by Crippen LogP contribution is 2.28. The molecular formula is C25H25N3O5. The Labute approximate surface area is 191 Å². The number of para-hydroxylation sites is 1. The number of ether oxygens (including phenoxy) is 3. The predicted octanol–water partition coefficient (Wildman–Crippen LogP) is 4.15. The molecule has 1 aliphatic heterocycles. The molecule has 0 atom stereocenters. The lowest BCUT2D eigenvalue weighted by atomic mass is 10.1. The maximum Gasteiger partial charge on any atom is 0.411 e. The van der Waals surface area contributed by atoms with Crippen LogP contribution in [0.3, 0.4) is 0 Å². The summed E-state index contributed by atoms with van der Waals surface area (Å²) in [7, 11) is 2.77. The van der Waals surface area contributed by atoms with Gasteiger partial charge in [0, 0.05) is 35.8 Å². The molecule has 0 unspecified atom stereocenters. The standard InChI is InChI=1S/C25H25N3O5/c1-31-18-8-9-20(22(16-18)27-25(30)32-2)24(29)10-7-17-15-23(28-11-13-33-14-12-28)19-5-3-4-6-21(19)26-17/h3-10,15-16H,11-14H2,1-2H3,(H,27,30)/b10-7+. The van der Waals surface area contributed by atoms with Crippen molar-refractivity contribution < 1.29 is 23.8 Å². The van der Waals surface area contributed by atoms with E-state index in [-0.39, 0.29) is 5.78 Å². The number of hydrogen-bond acceptors (Lipinski definition) is 7. The van der Waals surface area contributed by atoms with Gasteiger partial charge in [0.05, 0.1) is 44.3 Å². The molecule has 0 saturated carbocycles. The van der Waals surface area contributed by atoms with Gasteiger partial charge >= 0.3 is 6.09 Å². The fourth-order valence-electron chi connectivity index (χ4n) is 3.71. The average Bonchev–Trinajstić information content (AvgIpc) is 2.87. The highest BCUT2D eigenvalue weighted by Gasteiger charge is 2.16. The zero-order chi connectivity index (χ0) is 23.2. The molecule has 2 heterocycles. The van der Waals surface area contributed by atoms with Crippen molar-refractivity contribution in [2.24, 2.45) is 0 Å².